The standard InChI is InChI=1S/C14H21ClN6O3S/c15-11-3-1-2-4-12(11)20-5-7-21(8-6-20)25(23,24)14-10(9-17-19-14)13(22)18-16/h1-4,10,14,17,19H,5-9,16H2,(H,18,22). The monoisotopic (exact) mass is 388 g/mol. The zero-order valence-electron chi connectivity index (χ0n) is 13.5. The first-order valence-electron chi connectivity index (χ1n) is 7.92. The van der Waals surface area contributed by atoms with Gasteiger partial charge in [0.1, 0.15) is 0 Å². The number of rotatable bonds is 4. The van der Waals surface area contributed by atoms with Crippen molar-refractivity contribution >= 4 is 33.2 Å². The van der Waals surface area contributed by atoms with Gasteiger partial charge in [-0.2, -0.15) is 4.31 Å². The highest BCUT2D eigenvalue weighted by molar-refractivity contribution is 7.89. The molecule has 11 heteroatoms. The Morgan fingerprint density at radius 3 is 2.56 bits per heavy atom. The smallest absolute Gasteiger partial charge is 0.241 e. The Balaban J connectivity index is 1.69. The van der Waals surface area contributed by atoms with Crippen molar-refractivity contribution in [2.75, 3.05) is 37.6 Å². The predicted octanol–water partition coefficient (Wildman–Crippen LogP) is -1.17. The van der Waals surface area contributed by atoms with Crippen LogP contribution in [0.2, 0.25) is 5.02 Å². The van der Waals surface area contributed by atoms with Crippen molar-refractivity contribution in [3.05, 3.63) is 29.3 Å². The number of sulfonamides is 1. The molecule has 2 heterocycles. The van der Waals surface area contributed by atoms with Gasteiger partial charge in [0.25, 0.3) is 0 Å². The van der Waals surface area contributed by atoms with Crippen LogP contribution in [0.25, 0.3) is 0 Å². The lowest BCUT2D eigenvalue weighted by Crippen LogP contribution is -2.56. The molecule has 2 saturated heterocycles. The summed E-state index contributed by atoms with van der Waals surface area (Å²) < 4.78 is 27.2. The van der Waals surface area contributed by atoms with Crippen molar-refractivity contribution in [2.24, 2.45) is 11.8 Å². The number of nitrogens with zero attached hydrogens (tertiary/aromatic N) is 2. The van der Waals surface area contributed by atoms with Gasteiger partial charge in [-0.15, -0.1) is 0 Å². The summed E-state index contributed by atoms with van der Waals surface area (Å²) in [6, 6.07) is 7.48. The van der Waals surface area contributed by atoms with Crippen molar-refractivity contribution in [2.45, 2.75) is 5.37 Å². The summed E-state index contributed by atoms with van der Waals surface area (Å²) in [5.41, 5.74) is 8.32. The molecular weight excluding hydrogens is 368 g/mol. The van der Waals surface area contributed by atoms with Crippen LogP contribution in [0.1, 0.15) is 0 Å². The molecule has 5 N–H and O–H groups in total. The van der Waals surface area contributed by atoms with Crippen molar-refractivity contribution in [1.82, 2.24) is 20.6 Å². The molecule has 0 saturated carbocycles. The number of hydrazine groups is 2. The van der Waals surface area contributed by atoms with Crippen LogP contribution < -0.4 is 27.0 Å². The number of benzene rings is 1. The van der Waals surface area contributed by atoms with Gasteiger partial charge >= 0.3 is 0 Å². The third kappa shape index (κ3) is 3.59. The number of carbonyl (C=O) groups excluding carboxylic acids is 1. The van der Waals surface area contributed by atoms with Gasteiger partial charge in [-0.3, -0.25) is 15.6 Å². The normalized spacial score (nSPS) is 25.1. The molecule has 2 atom stereocenters. The Bertz CT molecular complexity index is 738. The lowest BCUT2D eigenvalue weighted by molar-refractivity contribution is -0.124. The minimum Gasteiger partial charge on any atom is -0.368 e. The molecule has 2 aliphatic heterocycles. The SMILES string of the molecule is NNC(=O)C1CNNC1S(=O)(=O)N1CCN(c2ccccc2Cl)CC1. The maximum Gasteiger partial charge on any atom is 0.241 e. The number of anilines is 1. The third-order valence-electron chi connectivity index (χ3n) is 4.52. The fourth-order valence-corrected chi connectivity index (χ4v) is 5.26. The minimum absolute atomic E-state index is 0.201. The van der Waals surface area contributed by atoms with Gasteiger partial charge in [0, 0.05) is 32.7 Å². The summed E-state index contributed by atoms with van der Waals surface area (Å²) in [7, 11) is -3.70. The number of piperazine rings is 1. The maximum atomic E-state index is 12.9. The van der Waals surface area contributed by atoms with Crippen molar-refractivity contribution in [1.29, 1.82) is 0 Å². The predicted molar refractivity (Wildman–Crippen MR) is 94.9 cm³/mol. The molecule has 2 aliphatic rings. The fraction of sp³-hybridized carbons (Fsp3) is 0.500. The number of carbonyl (C=O) groups is 1. The van der Waals surface area contributed by atoms with Crippen LogP contribution in [0.3, 0.4) is 0 Å². The molecule has 0 spiro atoms. The molecule has 3 rings (SSSR count). The maximum absolute atomic E-state index is 12.9. The zero-order valence-corrected chi connectivity index (χ0v) is 15.1. The summed E-state index contributed by atoms with van der Waals surface area (Å²) in [6.07, 6.45) is 0. The van der Waals surface area contributed by atoms with E-state index in [2.05, 4.69) is 15.8 Å². The van der Waals surface area contributed by atoms with Gasteiger partial charge in [0.2, 0.25) is 15.9 Å². The number of halogens is 1. The van der Waals surface area contributed by atoms with E-state index in [1.165, 1.54) is 4.31 Å². The van der Waals surface area contributed by atoms with Crippen molar-refractivity contribution < 1.29 is 13.2 Å². The molecule has 0 radical (unpaired) electrons. The quantitative estimate of drug-likeness (QED) is 0.291. The highest BCUT2D eigenvalue weighted by Crippen LogP contribution is 2.27. The Kier molecular flexibility index (Phi) is 5.46. The first-order chi connectivity index (χ1) is 11.9. The van der Waals surface area contributed by atoms with Crippen LogP contribution in [0.4, 0.5) is 5.69 Å². The number of para-hydroxylation sites is 1. The Labute approximate surface area is 151 Å². The first-order valence-corrected chi connectivity index (χ1v) is 9.80. The van der Waals surface area contributed by atoms with Gasteiger partial charge in [-0.05, 0) is 12.1 Å². The van der Waals surface area contributed by atoms with Gasteiger partial charge in [0.05, 0.1) is 16.6 Å². The zero-order chi connectivity index (χ0) is 18.0. The highest BCUT2D eigenvalue weighted by atomic mass is 35.5. The number of amides is 1. The molecule has 2 fully saturated rings. The average Bonchev–Trinajstić information content (AvgIpc) is 3.12. The lowest BCUT2D eigenvalue weighted by Gasteiger charge is -2.37. The highest BCUT2D eigenvalue weighted by Gasteiger charge is 2.45. The first kappa shape index (κ1) is 18.4. The Morgan fingerprint density at radius 2 is 1.92 bits per heavy atom. The van der Waals surface area contributed by atoms with E-state index in [-0.39, 0.29) is 6.54 Å². The second-order valence-electron chi connectivity index (χ2n) is 5.94. The van der Waals surface area contributed by atoms with E-state index < -0.39 is 27.2 Å². The van der Waals surface area contributed by atoms with E-state index in [0.29, 0.717) is 31.2 Å². The number of hydrogen-bond donors (Lipinski definition) is 4. The Hall–Kier alpha value is -1.43. The molecule has 1 aromatic rings. The molecule has 138 valence electrons. The second kappa shape index (κ2) is 7.44. The van der Waals surface area contributed by atoms with Crippen LogP contribution in [0.5, 0.6) is 0 Å². The molecule has 25 heavy (non-hydrogen) atoms. The summed E-state index contributed by atoms with van der Waals surface area (Å²) in [5, 5.41) is -0.400. The minimum atomic E-state index is -3.70. The summed E-state index contributed by atoms with van der Waals surface area (Å²) in [4.78, 5) is 13.9. The van der Waals surface area contributed by atoms with Crippen molar-refractivity contribution in [3.63, 3.8) is 0 Å². The van der Waals surface area contributed by atoms with E-state index in [9.17, 15) is 13.2 Å². The van der Waals surface area contributed by atoms with Crippen LogP contribution >= 0.6 is 11.6 Å². The Morgan fingerprint density at radius 1 is 1.24 bits per heavy atom. The largest absolute Gasteiger partial charge is 0.368 e. The molecule has 2 unspecified atom stereocenters. The van der Waals surface area contributed by atoms with Gasteiger partial charge < -0.3 is 4.90 Å². The van der Waals surface area contributed by atoms with Crippen molar-refractivity contribution in [3.8, 4) is 0 Å². The van der Waals surface area contributed by atoms with Crippen LogP contribution in [0, 0.1) is 5.92 Å². The summed E-state index contributed by atoms with van der Waals surface area (Å²) >= 11 is 6.21. The van der Waals surface area contributed by atoms with E-state index in [1.54, 1.807) is 0 Å². The van der Waals surface area contributed by atoms with E-state index in [1.807, 2.05) is 29.7 Å². The number of nitrogens with one attached hydrogen (secondary N) is 3. The van der Waals surface area contributed by atoms with Gasteiger partial charge in [-0.1, -0.05) is 23.7 Å². The van der Waals surface area contributed by atoms with Gasteiger partial charge in [-0.25, -0.2) is 19.7 Å². The molecular formula is C14H21ClN6O3S. The molecule has 1 aromatic carbocycles. The van der Waals surface area contributed by atoms with E-state index in [0.717, 1.165) is 5.69 Å². The lowest BCUT2D eigenvalue weighted by atomic mass is 10.1. The van der Waals surface area contributed by atoms with Crippen LogP contribution in [0.15, 0.2) is 24.3 Å². The third-order valence-corrected chi connectivity index (χ3v) is 7.02. The number of hydrogen-bond acceptors (Lipinski definition) is 7. The van der Waals surface area contributed by atoms with E-state index in [4.69, 9.17) is 17.4 Å². The summed E-state index contributed by atoms with van der Waals surface area (Å²) in [6.45, 7) is 1.89. The fourth-order valence-electron chi connectivity index (χ4n) is 3.15. The second-order valence-corrected chi connectivity index (χ2v) is 8.40. The topological polar surface area (TPSA) is 120 Å². The average molecular weight is 389 g/mol. The van der Waals surface area contributed by atoms with Crippen LogP contribution in [-0.2, 0) is 14.8 Å². The molecule has 0 aromatic heterocycles. The summed E-state index contributed by atoms with van der Waals surface area (Å²) in [5.74, 6) is 3.86. The number of nitrogens with two attached hydrogens (primary N) is 1. The van der Waals surface area contributed by atoms with E-state index >= 15 is 0 Å². The molecule has 9 nitrogen and oxygen atoms in total. The molecule has 0 aliphatic carbocycles. The molecule has 0 bridgehead atoms. The van der Waals surface area contributed by atoms with Crippen LogP contribution in [-0.4, -0.2) is 56.7 Å². The van der Waals surface area contributed by atoms with Gasteiger partial charge in [0.15, 0.2) is 5.37 Å². The molecule has 1 amide bonds.